The summed E-state index contributed by atoms with van der Waals surface area (Å²) in [4.78, 5) is 16.6. The molecule has 0 aliphatic carbocycles. The van der Waals surface area contributed by atoms with Crippen molar-refractivity contribution in [3.63, 3.8) is 0 Å². The monoisotopic (exact) mass is 470 g/mol. The van der Waals surface area contributed by atoms with Gasteiger partial charge < -0.3 is 5.32 Å². The molecule has 0 bridgehead atoms. The van der Waals surface area contributed by atoms with Gasteiger partial charge in [-0.05, 0) is 42.8 Å². The molecule has 2 heterocycles. The molecule has 0 radical (unpaired) electrons. The fourth-order valence-corrected chi connectivity index (χ4v) is 3.39. The maximum atomic E-state index is 13.2. The van der Waals surface area contributed by atoms with Crippen molar-refractivity contribution in [3.8, 4) is 16.9 Å². The number of carbonyl (C=O) groups is 1. The number of nitrogens with zero attached hydrogens (tertiary/aromatic N) is 3. The minimum Gasteiger partial charge on any atom is -0.345 e. The molecule has 4 aromatic rings. The molecular weight excluding hydrogens is 453 g/mol. The van der Waals surface area contributed by atoms with Gasteiger partial charge in [0.1, 0.15) is 11.4 Å². The predicted octanol–water partition coefficient (Wildman–Crippen LogP) is 6.10. The zero-order chi connectivity index (χ0) is 23.6. The van der Waals surface area contributed by atoms with E-state index in [1.807, 2.05) is 30.3 Å². The summed E-state index contributed by atoms with van der Waals surface area (Å²) in [6, 6.07) is 17.9. The molecule has 0 saturated heterocycles. The van der Waals surface area contributed by atoms with E-state index in [2.05, 4.69) is 15.4 Å². The summed E-state index contributed by atoms with van der Waals surface area (Å²) >= 11 is 5.97. The maximum Gasteiger partial charge on any atom is 0.433 e. The van der Waals surface area contributed by atoms with Gasteiger partial charge in [-0.1, -0.05) is 48.0 Å². The van der Waals surface area contributed by atoms with Gasteiger partial charge in [-0.25, -0.2) is 4.68 Å². The van der Waals surface area contributed by atoms with Crippen LogP contribution in [0.3, 0.4) is 0 Å². The van der Waals surface area contributed by atoms with Gasteiger partial charge in [-0.3, -0.25) is 9.78 Å². The molecule has 0 aliphatic rings. The number of hydrogen-bond donors (Lipinski definition) is 1. The van der Waals surface area contributed by atoms with Gasteiger partial charge in [-0.15, -0.1) is 0 Å². The SMILES string of the molecule is C[C@@H](NC(=O)c1cn(-c2ccc(Cl)cc2)nc1-c1ccccc1)c1ccc(C(F)(F)F)nc1. The zero-order valence-corrected chi connectivity index (χ0v) is 18.1. The van der Waals surface area contributed by atoms with Crippen LogP contribution in [0.25, 0.3) is 16.9 Å². The van der Waals surface area contributed by atoms with E-state index in [1.54, 1.807) is 42.1 Å². The van der Waals surface area contributed by atoms with Crippen LogP contribution in [-0.2, 0) is 6.18 Å². The van der Waals surface area contributed by atoms with Gasteiger partial charge in [0.05, 0.1) is 17.3 Å². The first-order chi connectivity index (χ1) is 15.7. The Hall–Kier alpha value is -3.65. The van der Waals surface area contributed by atoms with Crippen molar-refractivity contribution in [3.05, 3.63) is 101 Å². The number of nitrogens with one attached hydrogen (secondary N) is 1. The summed E-state index contributed by atoms with van der Waals surface area (Å²) < 4.78 is 39.9. The summed E-state index contributed by atoms with van der Waals surface area (Å²) in [6.45, 7) is 1.67. The summed E-state index contributed by atoms with van der Waals surface area (Å²) in [7, 11) is 0. The van der Waals surface area contributed by atoms with Gasteiger partial charge >= 0.3 is 6.18 Å². The zero-order valence-electron chi connectivity index (χ0n) is 17.3. The van der Waals surface area contributed by atoms with Crippen LogP contribution in [0.2, 0.25) is 5.02 Å². The number of amides is 1. The lowest BCUT2D eigenvalue weighted by Gasteiger charge is -2.15. The lowest BCUT2D eigenvalue weighted by molar-refractivity contribution is -0.141. The van der Waals surface area contributed by atoms with Crippen molar-refractivity contribution in [2.45, 2.75) is 19.1 Å². The minimum atomic E-state index is -4.52. The number of pyridine rings is 1. The molecule has 5 nitrogen and oxygen atoms in total. The molecule has 9 heteroatoms. The molecule has 0 aliphatic heterocycles. The van der Waals surface area contributed by atoms with Crippen LogP contribution in [0.5, 0.6) is 0 Å². The Bertz CT molecular complexity index is 1250. The molecule has 1 N–H and O–H groups in total. The van der Waals surface area contributed by atoms with Crippen LogP contribution >= 0.6 is 11.6 Å². The number of alkyl halides is 3. The van der Waals surface area contributed by atoms with Crippen LogP contribution in [0.15, 0.2) is 79.1 Å². The summed E-state index contributed by atoms with van der Waals surface area (Å²) in [6.07, 6.45) is -1.80. The largest absolute Gasteiger partial charge is 0.433 e. The van der Waals surface area contributed by atoms with E-state index in [1.165, 1.54) is 6.07 Å². The Balaban J connectivity index is 1.64. The van der Waals surface area contributed by atoms with E-state index in [9.17, 15) is 18.0 Å². The third-order valence-corrected chi connectivity index (χ3v) is 5.27. The number of rotatable bonds is 5. The van der Waals surface area contributed by atoms with Crippen LogP contribution in [0.1, 0.15) is 34.6 Å². The predicted molar refractivity (Wildman–Crippen MR) is 119 cm³/mol. The maximum absolute atomic E-state index is 13.2. The minimum absolute atomic E-state index is 0.322. The quantitative estimate of drug-likeness (QED) is 0.383. The number of halogens is 4. The van der Waals surface area contributed by atoms with Crippen molar-refractivity contribution < 1.29 is 18.0 Å². The van der Waals surface area contributed by atoms with Gasteiger partial charge in [0, 0.05) is 23.0 Å². The highest BCUT2D eigenvalue weighted by atomic mass is 35.5. The topological polar surface area (TPSA) is 59.8 Å². The van der Waals surface area contributed by atoms with E-state index in [0.29, 0.717) is 21.8 Å². The highest BCUT2D eigenvalue weighted by Gasteiger charge is 2.32. The van der Waals surface area contributed by atoms with Crippen molar-refractivity contribution in [2.24, 2.45) is 0 Å². The van der Waals surface area contributed by atoms with Crippen molar-refractivity contribution in [1.82, 2.24) is 20.1 Å². The van der Waals surface area contributed by atoms with Gasteiger partial charge in [0.15, 0.2) is 0 Å². The molecule has 0 spiro atoms. The van der Waals surface area contributed by atoms with Crippen LogP contribution in [-0.4, -0.2) is 20.7 Å². The second-order valence-electron chi connectivity index (χ2n) is 7.35. The summed E-state index contributed by atoms with van der Waals surface area (Å²) in [5.41, 5.74) is 1.72. The second kappa shape index (κ2) is 9.07. The normalized spacial score (nSPS) is 12.4. The number of hydrogen-bond acceptors (Lipinski definition) is 3. The van der Waals surface area contributed by atoms with E-state index in [-0.39, 0.29) is 0 Å². The molecule has 1 amide bonds. The Morgan fingerprint density at radius 1 is 1.03 bits per heavy atom. The van der Waals surface area contributed by atoms with Crippen molar-refractivity contribution in [2.75, 3.05) is 0 Å². The first-order valence-corrected chi connectivity index (χ1v) is 10.4. The first kappa shape index (κ1) is 22.5. The van der Waals surface area contributed by atoms with Crippen LogP contribution in [0, 0.1) is 0 Å². The average Bonchev–Trinajstić information content (AvgIpc) is 3.25. The third-order valence-electron chi connectivity index (χ3n) is 5.02. The standard InChI is InChI=1S/C24H18ClF3N4O/c1-15(17-7-12-21(29-13-17)24(26,27)28)30-23(33)20-14-32(19-10-8-18(25)9-11-19)31-22(20)16-5-3-2-4-6-16/h2-15H,1H3,(H,30,33)/t15-/m1/s1. The van der Waals surface area contributed by atoms with Crippen LogP contribution in [0.4, 0.5) is 13.2 Å². The summed E-state index contributed by atoms with van der Waals surface area (Å²) in [5, 5.41) is 7.99. The highest BCUT2D eigenvalue weighted by Crippen LogP contribution is 2.28. The highest BCUT2D eigenvalue weighted by molar-refractivity contribution is 6.30. The molecule has 2 aromatic heterocycles. The molecule has 168 valence electrons. The van der Waals surface area contributed by atoms with Crippen molar-refractivity contribution in [1.29, 1.82) is 0 Å². The van der Waals surface area contributed by atoms with Crippen LogP contribution < -0.4 is 5.32 Å². The fraction of sp³-hybridized carbons (Fsp3) is 0.125. The smallest absolute Gasteiger partial charge is 0.345 e. The number of benzene rings is 2. The van der Waals surface area contributed by atoms with E-state index >= 15 is 0 Å². The Morgan fingerprint density at radius 3 is 2.33 bits per heavy atom. The average molecular weight is 471 g/mol. The Kier molecular flexibility index (Phi) is 6.20. The van der Waals surface area contributed by atoms with Gasteiger partial charge in [0.25, 0.3) is 5.91 Å². The molecule has 1 atom stereocenters. The molecule has 2 aromatic carbocycles. The first-order valence-electron chi connectivity index (χ1n) is 9.97. The Labute approximate surface area is 192 Å². The number of carbonyl (C=O) groups excluding carboxylic acids is 1. The van der Waals surface area contributed by atoms with Crippen molar-refractivity contribution >= 4 is 17.5 Å². The van der Waals surface area contributed by atoms with E-state index < -0.39 is 23.8 Å². The molecule has 0 fully saturated rings. The lowest BCUT2D eigenvalue weighted by atomic mass is 10.1. The van der Waals surface area contributed by atoms with E-state index in [0.717, 1.165) is 23.5 Å². The molecule has 33 heavy (non-hydrogen) atoms. The molecule has 0 unspecified atom stereocenters. The number of aromatic nitrogens is 3. The van der Waals surface area contributed by atoms with Gasteiger partial charge in [0.2, 0.25) is 0 Å². The molecule has 4 rings (SSSR count). The molecular formula is C24H18ClF3N4O. The Morgan fingerprint density at radius 2 is 1.73 bits per heavy atom. The van der Waals surface area contributed by atoms with E-state index in [4.69, 9.17) is 11.6 Å². The lowest BCUT2D eigenvalue weighted by Crippen LogP contribution is -2.27. The molecule has 0 saturated carbocycles. The third kappa shape index (κ3) is 5.06. The van der Waals surface area contributed by atoms with Gasteiger partial charge in [-0.2, -0.15) is 18.3 Å². The fourth-order valence-electron chi connectivity index (χ4n) is 3.26. The second-order valence-corrected chi connectivity index (χ2v) is 7.78. The summed E-state index contributed by atoms with van der Waals surface area (Å²) in [5.74, 6) is -0.415.